The Hall–Kier alpha value is -2.58. The fraction of sp³-hybridized carbons (Fsp3) is 0.500. The molecule has 184 valence electrons. The lowest BCUT2D eigenvalue weighted by Gasteiger charge is -2.44. The first kappa shape index (κ1) is 24.5. The normalized spacial score (nSPS) is 19.4. The van der Waals surface area contributed by atoms with Gasteiger partial charge in [0.1, 0.15) is 17.1 Å². The number of amides is 1. The first-order valence-electron chi connectivity index (χ1n) is 11.9. The number of methoxy groups -OCH3 is 1. The van der Waals surface area contributed by atoms with Crippen LogP contribution in [0, 0.1) is 0 Å². The van der Waals surface area contributed by atoms with E-state index in [1.54, 1.807) is 19.2 Å². The molecule has 1 aliphatic carbocycles. The van der Waals surface area contributed by atoms with Crippen molar-refractivity contribution < 1.29 is 22.7 Å². The van der Waals surface area contributed by atoms with Gasteiger partial charge in [-0.15, -0.1) is 0 Å². The van der Waals surface area contributed by atoms with Gasteiger partial charge in [0, 0.05) is 32.5 Å². The molecule has 2 aliphatic rings. The van der Waals surface area contributed by atoms with E-state index in [-0.39, 0.29) is 28.9 Å². The molecule has 0 bridgehead atoms. The number of rotatable bonds is 7. The first-order valence-corrected chi connectivity index (χ1v) is 13.3. The smallest absolute Gasteiger partial charge is 0.242 e. The molecule has 1 spiro atoms. The van der Waals surface area contributed by atoms with Crippen molar-refractivity contribution in [3.8, 4) is 11.5 Å². The van der Waals surface area contributed by atoms with Gasteiger partial charge in [0.2, 0.25) is 15.9 Å². The minimum atomic E-state index is -3.57. The minimum Gasteiger partial charge on any atom is -0.496 e. The zero-order chi connectivity index (χ0) is 24.3. The average molecular weight is 487 g/mol. The summed E-state index contributed by atoms with van der Waals surface area (Å²) in [4.78, 5) is 13.2. The Morgan fingerprint density at radius 1 is 1.15 bits per heavy atom. The van der Waals surface area contributed by atoms with Gasteiger partial charge in [-0.1, -0.05) is 24.6 Å². The molecule has 0 unspecified atom stereocenters. The number of carbonyl (C=O) groups is 1. The van der Waals surface area contributed by atoms with Crippen LogP contribution < -0.4 is 14.8 Å². The summed E-state index contributed by atoms with van der Waals surface area (Å²) in [6, 6.07) is 12.6. The Morgan fingerprint density at radius 2 is 1.88 bits per heavy atom. The summed E-state index contributed by atoms with van der Waals surface area (Å²) in [6.07, 6.45) is 6.93. The summed E-state index contributed by atoms with van der Waals surface area (Å²) in [5.41, 5.74) is 1.50. The monoisotopic (exact) mass is 486 g/mol. The first-order chi connectivity index (χ1) is 16.2. The molecule has 1 saturated carbocycles. The number of nitrogens with one attached hydrogen (secondary N) is 1. The molecule has 34 heavy (non-hydrogen) atoms. The third-order valence-corrected chi connectivity index (χ3v) is 8.76. The predicted octanol–water partition coefficient (Wildman–Crippen LogP) is 4.22. The average Bonchev–Trinajstić information content (AvgIpc) is 2.82. The Labute approximate surface area is 202 Å². The maximum absolute atomic E-state index is 13.0. The van der Waals surface area contributed by atoms with Gasteiger partial charge in [-0.2, -0.15) is 0 Å². The van der Waals surface area contributed by atoms with E-state index >= 15 is 0 Å². The van der Waals surface area contributed by atoms with Gasteiger partial charge in [0.05, 0.1) is 18.0 Å². The molecular formula is C26H34N2O5S. The van der Waals surface area contributed by atoms with Gasteiger partial charge in [0.15, 0.2) is 0 Å². The van der Waals surface area contributed by atoms with Crippen LogP contribution >= 0.6 is 0 Å². The van der Waals surface area contributed by atoms with Crippen molar-refractivity contribution in [1.29, 1.82) is 0 Å². The largest absolute Gasteiger partial charge is 0.496 e. The maximum atomic E-state index is 13.0. The molecule has 1 N–H and O–H groups in total. The van der Waals surface area contributed by atoms with Gasteiger partial charge < -0.3 is 14.8 Å². The van der Waals surface area contributed by atoms with Crippen LogP contribution in [-0.2, 0) is 21.2 Å². The highest BCUT2D eigenvalue weighted by Gasteiger charge is 2.42. The zero-order valence-corrected chi connectivity index (χ0v) is 21.0. The topological polar surface area (TPSA) is 84.9 Å². The van der Waals surface area contributed by atoms with Crippen molar-refractivity contribution in [1.82, 2.24) is 9.62 Å². The summed E-state index contributed by atoms with van der Waals surface area (Å²) in [5, 5.41) is 3.23. The number of hydrogen-bond acceptors (Lipinski definition) is 5. The molecule has 4 rings (SSSR count). The fourth-order valence-corrected chi connectivity index (χ4v) is 6.04. The molecule has 0 radical (unpaired) electrons. The summed E-state index contributed by atoms with van der Waals surface area (Å²) in [5.74, 6) is 1.36. The van der Waals surface area contributed by atoms with E-state index in [1.165, 1.54) is 30.9 Å². The van der Waals surface area contributed by atoms with Crippen LogP contribution in [0.5, 0.6) is 11.5 Å². The van der Waals surface area contributed by atoms with E-state index < -0.39 is 10.0 Å². The van der Waals surface area contributed by atoms with Gasteiger partial charge in [-0.3, -0.25) is 4.79 Å². The standard InChI is InChI=1S/C26H34N2O5S/c1-28(2)34(30,31)20-12-13-23(32-3)19(17-20)11-14-25(29)27-22-18-26(15-7-4-8-16-26)33-24-10-6-5-9-21(22)24/h5-6,9-10,12-13,17,22H,4,7-8,11,14-16,18H2,1-3H3,(H,27,29)/t22-/m1/s1. The highest BCUT2D eigenvalue weighted by atomic mass is 32.2. The molecule has 1 amide bonds. The molecule has 1 heterocycles. The van der Waals surface area contributed by atoms with Crippen molar-refractivity contribution in [3.63, 3.8) is 0 Å². The quantitative estimate of drug-likeness (QED) is 0.633. The van der Waals surface area contributed by atoms with Gasteiger partial charge in [0.25, 0.3) is 0 Å². The summed E-state index contributed by atoms with van der Waals surface area (Å²) < 4.78 is 38.1. The van der Waals surface area contributed by atoms with Gasteiger partial charge in [-0.05, 0) is 61.9 Å². The third-order valence-electron chi connectivity index (χ3n) is 6.95. The van der Waals surface area contributed by atoms with Crippen LogP contribution in [0.25, 0.3) is 0 Å². The van der Waals surface area contributed by atoms with E-state index in [0.717, 1.165) is 43.4 Å². The van der Waals surface area contributed by atoms with Gasteiger partial charge >= 0.3 is 0 Å². The van der Waals surface area contributed by atoms with E-state index in [1.807, 2.05) is 24.3 Å². The van der Waals surface area contributed by atoms with Crippen LogP contribution in [0.15, 0.2) is 47.4 Å². The second-order valence-electron chi connectivity index (χ2n) is 9.47. The highest BCUT2D eigenvalue weighted by molar-refractivity contribution is 7.89. The van der Waals surface area contributed by atoms with Crippen LogP contribution in [0.4, 0.5) is 0 Å². The minimum absolute atomic E-state index is 0.0735. The number of sulfonamides is 1. The molecule has 1 fully saturated rings. The van der Waals surface area contributed by atoms with Crippen LogP contribution in [-0.4, -0.2) is 45.4 Å². The van der Waals surface area contributed by atoms with E-state index in [9.17, 15) is 13.2 Å². The number of carbonyl (C=O) groups excluding carboxylic acids is 1. The Balaban J connectivity index is 1.49. The van der Waals surface area contributed by atoms with E-state index in [0.29, 0.717) is 17.7 Å². The maximum Gasteiger partial charge on any atom is 0.242 e. The molecule has 0 aromatic heterocycles. The zero-order valence-electron chi connectivity index (χ0n) is 20.2. The summed E-state index contributed by atoms with van der Waals surface area (Å²) in [7, 11) is 0.967. The third kappa shape index (κ3) is 5.08. The van der Waals surface area contributed by atoms with Crippen LogP contribution in [0.1, 0.15) is 62.1 Å². The predicted molar refractivity (Wildman–Crippen MR) is 131 cm³/mol. The van der Waals surface area contributed by atoms with Crippen LogP contribution in [0.3, 0.4) is 0 Å². The summed E-state index contributed by atoms with van der Waals surface area (Å²) in [6.45, 7) is 0. The molecule has 2 aromatic rings. The lowest BCUT2D eigenvalue weighted by molar-refractivity contribution is -0.122. The molecule has 8 heteroatoms. The number of nitrogens with zero attached hydrogens (tertiary/aromatic N) is 1. The number of aryl methyl sites for hydroxylation is 1. The van der Waals surface area contributed by atoms with Crippen molar-refractivity contribution >= 4 is 15.9 Å². The lowest BCUT2D eigenvalue weighted by atomic mass is 9.77. The van der Waals surface area contributed by atoms with Crippen molar-refractivity contribution in [2.75, 3.05) is 21.2 Å². The van der Waals surface area contributed by atoms with Crippen molar-refractivity contribution in [3.05, 3.63) is 53.6 Å². The van der Waals surface area contributed by atoms with Gasteiger partial charge in [-0.25, -0.2) is 12.7 Å². The molecule has 7 nitrogen and oxygen atoms in total. The molecule has 0 saturated heterocycles. The second-order valence-corrected chi connectivity index (χ2v) is 11.6. The Bertz CT molecular complexity index is 1140. The SMILES string of the molecule is COc1ccc(S(=O)(=O)N(C)C)cc1CCC(=O)N[C@@H]1CC2(CCCCC2)Oc2ccccc21. The molecule has 2 aromatic carbocycles. The van der Waals surface area contributed by atoms with E-state index in [4.69, 9.17) is 9.47 Å². The number of ether oxygens (including phenoxy) is 2. The fourth-order valence-electron chi connectivity index (χ4n) is 5.09. The molecular weight excluding hydrogens is 452 g/mol. The number of benzene rings is 2. The molecule has 1 atom stereocenters. The van der Waals surface area contributed by atoms with Crippen molar-refractivity contribution in [2.45, 2.75) is 67.9 Å². The number of fused-ring (bicyclic) bond motifs is 1. The highest BCUT2D eigenvalue weighted by Crippen LogP contribution is 2.46. The summed E-state index contributed by atoms with van der Waals surface area (Å²) >= 11 is 0. The van der Waals surface area contributed by atoms with E-state index in [2.05, 4.69) is 5.32 Å². The van der Waals surface area contributed by atoms with Crippen LogP contribution in [0.2, 0.25) is 0 Å². The second kappa shape index (κ2) is 9.96. The number of para-hydroxylation sites is 1. The molecule has 1 aliphatic heterocycles. The van der Waals surface area contributed by atoms with Crippen molar-refractivity contribution in [2.24, 2.45) is 0 Å². The Morgan fingerprint density at radius 3 is 2.59 bits per heavy atom. The Kier molecular flexibility index (Phi) is 7.19. The number of hydrogen-bond donors (Lipinski definition) is 1. The lowest BCUT2D eigenvalue weighted by Crippen LogP contribution is -2.46.